The number of amides is 1. The van der Waals surface area contributed by atoms with Gasteiger partial charge in [0.15, 0.2) is 0 Å². The van der Waals surface area contributed by atoms with Crippen LogP contribution in [0.15, 0.2) is 0 Å². The van der Waals surface area contributed by atoms with Crippen LogP contribution in [0.25, 0.3) is 0 Å². The Kier molecular flexibility index (Phi) is 7.47. The summed E-state index contributed by atoms with van der Waals surface area (Å²) in [7, 11) is 0. The van der Waals surface area contributed by atoms with Crippen molar-refractivity contribution in [2.45, 2.75) is 31.4 Å². The van der Waals surface area contributed by atoms with Gasteiger partial charge in [-0.2, -0.15) is 0 Å². The number of rotatable bonds is 2. The fourth-order valence-corrected chi connectivity index (χ4v) is 3.62. The maximum absolute atomic E-state index is 13.2. The molecule has 136 valence electrons. The van der Waals surface area contributed by atoms with Crippen molar-refractivity contribution >= 4 is 30.7 Å². The van der Waals surface area contributed by atoms with E-state index in [1.54, 1.807) is 4.90 Å². The Morgan fingerprint density at radius 1 is 1.22 bits per heavy atom. The SMILES string of the molecule is CC1CN(C(=O)C2CC(F)(F)CN2)CC1N1CCOCC1.Cl.Cl. The van der Waals surface area contributed by atoms with E-state index < -0.39 is 12.0 Å². The zero-order valence-electron chi connectivity index (χ0n) is 13.2. The minimum atomic E-state index is -2.75. The molecule has 5 nitrogen and oxygen atoms in total. The first-order valence-corrected chi connectivity index (χ1v) is 7.68. The first kappa shape index (κ1) is 20.8. The molecule has 1 N–H and O–H groups in total. The molecule has 3 rings (SSSR count). The molecule has 3 aliphatic heterocycles. The summed E-state index contributed by atoms with van der Waals surface area (Å²) in [6.07, 6.45) is -0.376. The second kappa shape index (κ2) is 8.25. The summed E-state index contributed by atoms with van der Waals surface area (Å²) < 4.78 is 31.8. The number of likely N-dealkylation sites (tertiary alicyclic amines) is 1. The molecule has 0 bridgehead atoms. The summed E-state index contributed by atoms with van der Waals surface area (Å²) in [4.78, 5) is 16.5. The standard InChI is InChI=1S/C14H23F2N3O2.2ClH/c1-10-7-19(8-12(10)18-2-4-21-5-3-18)13(20)11-6-14(15,16)9-17-11;;/h10-12,17H,2-9H2,1H3;2*1H. The van der Waals surface area contributed by atoms with E-state index in [0.717, 1.165) is 26.3 Å². The van der Waals surface area contributed by atoms with E-state index in [4.69, 9.17) is 4.74 Å². The van der Waals surface area contributed by atoms with Gasteiger partial charge in [-0.1, -0.05) is 6.92 Å². The molecule has 0 spiro atoms. The van der Waals surface area contributed by atoms with Gasteiger partial charge in [-0.05, 0) is 5.92 Å². The summed E-state index contributed by atoms with van der Waals surface area (Å²) in [5.74, 6) is -2.56. The Balaban J connectivity index is 0.00000132. The lowest BCUT2D eigenvalue weighted by molar-refractivity contribution is -0.133. The van der Waals surface area contributed by atoms with Crippen molar-refractivity contribution in [2.24, 2.45) is 5.92 Å². The summed E-state index contributed by atoms with van der Waals surface area (Å²) >= 11 is 0. The van der Waals surface area contributed by atoms with Crippen molar-refractivity contribution in [1.82, 2.24) is 15.1 Å². The number of nitrogens with one attached hydrogen (secondary N) is 1. The maximum Gasteiger partial charge on any atom is 0.262 e. The van der Waals surface area contributed by atoms with E-state index in [0.29, 0.717) is 25.0 Å². The third kappa shape index (κ3) is 4.66. The number of hydrogen-bond donors (Lipinski definition) is 1. The predicted molar refractivity (Wildman–Crippen MR) is 87.8 cm³/mol. The van der Waals surface area contributed by atoms with Crippen molar-refractivity contribution < 1.29 is 18.3 Å². The summed E-state index contributed by atoms with van der Waals surface area (Å²) in [6, 6.07) is -0.407. The molecule has 3 saturated heterocycles. The Labute approximate surface area is 147 Å². The summed E-state index contributed by atoms with van der Waals surface area (Å²) in [6.45, 7) is 6.27. The average molecular weight is 376 g/mol. The van der Waals surface area contributed by atoms with Gasteiger partial charge in [0.2, 0.25) is 5.91 Å². The number of halogens is 4. The molecule has 3 heterocycles. The van der Waals surface area contributed by atoms with Gasteiger partial charge in [-0.25, -0.2) is 8.78 Å². The lowest BCUT2D eigenvalue weighted by Crippen LogP contribution is -2.48. The number of nitrogens with zero attached hydrogens (tertiary/aromatic N) is 2. The molecule has 0 aromatic rings. The van der Waals surface area contributed by atoms with E-state index in [2.05, 4.69) is 17.1 Å². The minimum absolute atomic E-state index is 0. The van der Waals surface area contributed by atoms with Crippen LogP contribution in [-0.4, -0.2) is 79.7 Å². The second-order valence-corrected chi connectivity index (χ2v) is 6.43. The minimum Gasteiger partial charge on any atom is -0.379 e. The molecule has 23 heavy (non-hydrogen) atoms. The zero-order chi connectivity index (χ0) is 15.0. The largest absolute Gasteiger partial charge is 0.379 e. The van der Waals surface area contributed by atoms with Crippen LogP contribution in [0.1, 0.15) is 13.3 Å². The fraction of sp³-hybridized carbons (Fsp3) is 0.929. The number of hydrogen-bond acceptors (Lipinski definition) is 4. The van der Waals surface area contributed by atoms with Gasteiger partial charge >= 0.3 is 0 Å². The van der Waals surface area contributed by atoms with Crippen molar-refractivity contribution in [2.75, 3.05) is 45.9 Å². The molecule has 0 saturated carbocycles. The van der Waals surface area contributed by atoms with Crippen LogP contribution in [0.4, 0.5) is 8.78 Å². The van der Waals surface area contributed by atoms with Crippen LogP contribution >= 0.6 is 24.8 Å². The van der Waals surface area contributed by atoms with Gasteiger partial charge in [0.05, 0.1) is 25.8 Å². The molecule has 0 aromatic heterocycles. The van der Waals surface area contributed by atoms with E-state index in [1.807, 2.05) is 0 Å². The number of carbonyl (C=O) groups excluding carboxylic acids is 1. The molecule has 0 aromatic carbocycles. The highest BCUT2D eigenvalue weighted by molar-refractivity contribution is 5.85. The molecule has 3 atom stereocenters. The molecule has 0 radical (unpaired) electrons. The van der Waals surface area contributed by atoms with Crippen LogP contribution in [0, 0.1) is 5.92 Å². The third-order valence-corrected chi connectivity index (χ3v) is 4.81. The monoisotopic (exact) mass is 375 g/mol. The topological polar surface area (TPSA) is 44.8 Å². The lowest BCUT2D eigenvalue weighted by atomic mass is 10.0. The van der Waals surface area contributed by atoms with E-state index in [-0.39, 0.29) is 43.7 Å². The Bertz CT molecular complexity index is 411. The summed E-state index contributed by atoms with van der Waals surface area (Å²) in [5.41, 5.74) is 0. The number of ether oxygens (including phenoxy) is 1. The highest BCUT2D eigenvalue weighted by Crippen LogP contribution is 2.28. The fourth-order valence-electron chi connectivity index (χ4n) is 3.62. The van der Waals surface area contributed by atoms with Crippen molar-refractivity contribution in [3.8, 4) is 0 Å². The van der Waals surface area contributed by atoms with Crippen LogP contribution < -0.4 is 5.32 Å². The Morgan fingerprint density at radius 2 is 1.87 bits per heavy atom. The van der Waals surface area contributed by atoms with Gasteiger partial charge in [0.25, 0.3) is 5.92 Å². The predicted octanol–water partition coefficient (Wildman–Crippen LogP) is 1.01. The number of alkyl halides is 2. The number of morpholine rings is 1. The van der Waals surface area contributed by atoms with E-state index in [9.17, 15) is 13.6 Å². The first-order chi connectivity index (χ1) is 9.96. The van der Waals surface area contributed by atoms with Gasteiger partial charge in [0.1, 0.15) is 0 Å². The second-order valence-electron chi connectivity index (χ2n) is 6.43. The molecule has 0 aliphatic carbocycles. The maximum atomic E-state index is 13.2. The van der Waals surface area contributed by atoms with Crippen molar-refractivity contribution in [3.63, 3.8) is 0 Å². The zero-order valence-corrected chi connectivity index (χ0v) is 14.8. The molecular weight excluding hydrogens is 351 g/mol. The molecule has 3 unspecified atom stereocenters. The normalized spacial score (nSPS) is 33.9. The lowest BCUT2D eigenvalue weighted by Gasteiger charge is -2.34. The quantitative estimate of drug-likeness (QED) is 0.782. The Hall–Kier alpha value is -0.210. The van der Waals surface area contributed by atoms with Crippen molar-refractivity contribution in [3.05, 3.63) is 0 Å². The first-order valence-electron chi connectivity index (χ1n) is 7.68. The summed E-state index contributed by atoms with van der Waals surface area (Å²) in [5, 5.41) is 2.66. The van der Waals surface area contributed by atoms with Crippen LogP contribution in [0.5, 0.6) is 0 Å². The third-order valence-electron chi connectivity index (χ3n) is 4.81. The van der Waals surface area contributed by atoms with Gasteiger partial charge < -0.3 is 9.64 Å². The highest BCUT2D eigenvalue weighted by Gasteiger charge is 2.45. The van der Waals surface area contributed by atoms with Gasteiger partial charge in [-0.15, -0.1) is 24.8 Å². The molecule has 3 fully saturated rings. The molecule has 9 heteroatoms. The number of carbonyl (C=O) groups is 1. The van der Waals surface area contributed by atoms with E-state index >= 15 is 0 Å². The highest BCUT2D eigenvalue weighted by atomic mass is 35.5. The molecule has 1 amide bonds. The molecule has 3 aliphatic rings. The van der Waals surface area contributed by atoms with Gasteiger partial charge in [-0.3, -0.25) is 15.0 Å². The van der Waals surface area contributed by atoms with Crippen molar-refractivity contribution in [1.29, 1.82) is 0 Å². The average Bonchev–Trinajstić information content (AvgIpc) is 3.02. The van der Waals surface area contributed by atoms with Gasteiger partial charge in [0, 0.05) is 38.6 Å². The van der Waals surface area contributed by atoms with Crippen LogP contribution in [0.3, 0.4) is 0 Å². The van der Waals surface area contributed by atoms with Crippen LogP contribution in [0.2, 0.25) is 0 Å². The smallest absolute Gasteiger partial charge is 0.262 e. The van der Waals surface area contributed by atoms with Crippen LogP contribution in [-0.2, 0) is 9.53 Å². The van der Waals surface area contributed by atoms with E-state index in [1.165, 1.54) is 0 Å². The Morgan fingerprint density at radius 3 is 2.43 bits per heavy atom. The molecular formula is C14H25Cl2F2N3O2.